The van der Waals surface area contributed by atoms with Crippen molar-refractivity contribution in [2.75, 3.05) is 13.1 Å². The van der Waals surface area contributed by atoms with E-state index in [9.17, 15) is 9.18 Å². The molecule has 5 heteroatoms. The van der Waals surface area contributed by atoms with Gasteiger partial charge in [-0.3, -0.25) is 4.79 Å². The molecule has 0 aliphatic carbocycles. The Morgan fingerprint density at radius 2 is 1.85 bits per heavy atom. The van der Waals surface area contributed by atoms with Crippen molar-refractivity contribution in [2.24, 2.45) is 0 Å². The minimum Gasteiger partial charge on any atom is -0.339 e. The van der Waals surface area contributed by atoms with Crippen LogP contribution in [-0.2, 0) is 17.8 Å². The molecule has 0 aromatic heterocycles. The summed E-state index contributed by atoms with van der Waals surface area (Å²) in [7, 11) is 0. The Morgan fingerprint density at radius 3 is 2.62 bits per heavy atom. The van der Waals surface area contributed by atoms with Crippen molar-refractivity contribution in [1.29, 1.82) is 0 Å². The zero-order valence-electron chi connectivity index (χ0n) is 14.8. The number of carbonyl (C=O) groups excluding carboxylic acids is 1. The fourth-order valence-electron chi connectivity index (χ4n) is 3.48. The van der Waals surface area contributed by atoms with Gasteiger partial charge in [0.25, 0.3) is 0 Å². The summed E-state index contributed by atoms with van der Waals surface area (Å²) in [6.45, 7) is 1.96. The zero-order valence-corrected chi connectivity index (χ0v) is 15.5. The molecule has 1 saturated heterocycles. The lowest BCUT2D eigenvalue weighted by Gasteiger charge is -2.25. The molecule has 1 unspecified atom stereocenters. The number of rotatable bonds is 8. The van der Waals surface area contributed by atoms with E-state index in [1.807, 2.05) is 35.2 Å². The monoisotopic (exact) mass is 374 g/mol. The highest BCUT2D eigenvalue weighted by Gasteiger charge is 2.30. The molecule has 0 spiro atoms. The number of amides is 1. The number of benzene rings is 2. The van der Waals surface area contributed by atoms with Gasteiger partial charge in [-0.1, -0.05) is 48.0 Å². The molecular weight excluding hydrogens is 351 g/mol. The molecule has 1 heterocycles. The third-order valence-corrected chi connectivity index (χ3v) is 5.33. The Balaban J connectivity index is 1.47. The van der Waals surface area contributed by atoms with Gasteiger partial charge < -0.3 is 10.2 Å². The number of likely N-dealkylation sites (tertiary alicyclic amines) is 1. The average Bonchev–Trinajstić information content (AvgIpc) is 2.99. The van der Waals surface area contributed by atoms with E-state index in [0.717, 1.165) is 36.4 Å². The Kier molecular flexibility index (Phi) is 6.64. The van der Waals surface area contributed by atoms with E-state index < -0.39 is 0 Å². The van der Waals surface area contributed by atoms with Gasteiger partial charge >= 0.3 is 0 Å². The maximum absolute atomic E-state index is 13.6. The maximum Gasteiger partial charge on any atom is 0.222 e. The van der Waals surface area contributed by atoms with Gasteiger partial charge in [0.15, 0.2) is 0 Å². The number of carbonyl (C=O) groups is 1. The fraction of sp³-hybridized carbons (Fsp3) is 0.381. The third kappa shape index (κ3) is 4.83. The lowest BCUT2D eigenvalue weighted by molar-refractivity contribution is -0.129. The zero-order chi connectivity index (χ0) is 18.4. The molecule has 1 fully saturated rings. The lowest BCUT2D eigenvalue weighted by Crippen LogP contribution is -2.36. The van der Waals surface area contributed by atoms with E-state index >= 15 is 0 Å². The van der Waals surface area contributed by atoms with Crippen LogP contribution in [-0.4, -0.2) is 29.9 Å². The van der Waals surface area contributed by atoms with Gasteiger partial charge in [0.2, 0.25) is 5.91 Å². The van der Waals surface area contributed by atoms with E-state index in [0.29, 0.717) is 25.1 Å². The van der Waals surface area contributed by atoms with Crippen molar-refractivity contribution in [3.05, 3.63) is 70.5 Å². The third-order valence-electron chi connectivity index (χ3n) is 4.96. The Hall–Kier alpha value is -1.91. The Morgan fingerprint density at radius 1 is 1.12 bits per heavy atom. The van der Waals surface area contributed by atoms with Crippen molar-refractivity contribution in [3.8, 4) is 0 Å². The molecule has 3 nitrogen and oxygen atoms in total. The SMILES string of the molecule is O=C1CCC(CCNCc2ccccc2F)N1CCc1ccccc1Cl. The largest absolute Gasteiger partial charge is 0.339 e. The smallest absolute Gasteiger partial charge is 0.222 e. The van der Waals surface area contributed by atoms with E-state index in [1.165, 1.54) is 6.07 Å². The van der Waals surface area contributed by atoms with Gasteiger partial charge in [-0.05, 0) is 43.5 Å². The summed E-state index contributed by atoms with van der Waals surface area (Å²) in [4.78, 5) is 14.2. The molecular formula is C21H24ClFN2O. The molecule has 1 aliphatic rings. The van der Waals surface area contributed by atoms with Crippen molar-refractivity contribution >= 4 is 17.5 Å². The second-order valence-corrected chi connectivity index (χ2v) is 7.09. The maximum atomic E-state index is 13.6. The summed E-state index contributed by atoms with van der Waals surface area (Å²) in [5.41, 5.74) is 1.75. The molecule has 0 bridgehead atoms. The molecule has 1 atom stereocenters. The van der Waals surface area contributed by atoms with Crippen LogP contribution in [0.4, 0.5) is 4.39 Å². The van der Waals surface area contributed by atoms with Crippen LogP contribution in [0.3, 0.4) is 0 Å². The Labute approximate surface area is 159 Å². The second-order valence-electron chi connectivity index (χ2n) is 6.68. The van der Waals surface area contributed by atoms with E-state index in [4.69, 9.17) is 11.6 Å². The van der Waals surface area contributed by atoms with Gasteiger partial charge in [-0.15, -0.1) is 0 Å². The van der Waals surface area contributed by atoms with Crippen LogP contribution in [0.25, 0.3) is 0 Å². The Bertz CT molecular complexity index is 752. The molecule has 26 heavy (non-hydrogen) atoms. The first-order valence-electron chi connectivity index (χ1n) is 9.12. The molecule has 2 aromatic rings. The topological polar surface area (TPSA) is 32.3 Å². The second kappa shape index (κ2) is 9.15. The summed E-state index contributed by atoms with van der Waals surface area (Å²) < 4.78 is 13.6. The van der Waals surface area contributed by atoms with Crippen molar-refractivity contribution in [2.45, 2.75) is 38.3 Å². The van der Waals surface area contributed by atoms with Crippen LogP contribution in [0.2, 0.25) is 5.02 Å². The highest BCUT2D eigenvalue weighted by Crippen LogP contribution is 2.23. The first-order chi connectivity index (χ1) is 12.6. The van der Waals surface area contributed by atoms with E-state index in [1.54, 1.807) is 12.1 Å². The van der Waals surface area contributed by atoms with Gasteiger partial charge in [-0.25, -0.2) is 4.39 Å². The van der Waals surface area contributed by atoms with Crippen molar-refractivity contribution in [3.63, 3.8) is 0 Å². The summed E-state index contributed by atoms with van der Waals surface area (Å²) in [5, 5.41) is 4.04. The first-order valence-corrected chi connectivity index (χ1v) is 9.50. The van der Waals surface area contributed by atoms with Crippen molar-refractivity contribution < 1.29 is 9.18 Å². The lowest BCUT2D eigenvalue weighted by atomic mass is 10.1. The molecule has 0 radical (unpaired) electrons. The fourth-order valence-corrected chi connectivity index (χ4v) is 3.71. The van der Waals surface area contributed by atoms with Crippen LogP contribution < -0.4 is 5.32 Å². The number of hydrogen-bond donors (Lipinski definition) is 1. The van der Waals surface area contributed by atoms with Crippen molar-refractivity contribution in [1.82, 2.24) is 10.2 Å². The first kappa shape index (κ1) is 18.9. The standard InChI is InChI=1S/C21H24ClFN2O/c22-19-7-3-1-5-16(19)12-14-25-18(9-10-21(25)26)11-13-24-15-17-6-2-4-8-20(17)23/h1-8,18,24H,9-15H2. The number of nitrogens with zero attached hydrogens (tertiary/aromatic N) is 1. The average molecular weight is 375 g/mol. The molecule has 138 valence electrons. The van der Waals surface area contributed by atoms with Gasteiger partial charge in [0.05, 0.1) is 0 Å². The normalized spacial score (nSPS) is 17.1. The minimum atomic E-state index is -0.183. The van der Waals surface area contributed by atoms with E-state index in [2.05, 4.69) is 5.32 Å². The molecule has 1 amide bonds. The van der Waals surface area contributed by atoms with Gasteiger partial charge in [-0.2, -0.15) is 0 Å². The van der Waals surface area contributed by atoms with Gasteiger partial charge in [0, 0.05) is 36.1 Å². The molecule has 3 rings (SSSR count). The number of halogens is 2. The molecule has 2 aromatic carbocycles. The quantitative estimate of drug-likeness (QED) is 0.702. The predicted octanol–water partition coefficient (Wildman–Crippen LogP) is 4.19. The number of nitrogens with one attached hydrogen (secondary N) is 1. The van der Waals surface area contributed by atoms with Crippen LogP contribution in [0.15, 0.2) is 48.5 Å². The summed E-state index contributed by atoms with van der Waals surface area (Å²) in [5.74, 6) is 0.0357. The van der Waals surface area contributed by atoms with Crippen LogP contribution in [0.5, 0.6) is 0 Å². The van der Waals surface area contributed by atoms with Gasteiger partial charge in [0.1, 0.15) is 5.82 Å². The summed E-state index contributed by atoms with van der Waals surface area (Å²) in [6.07, 6.45) is 3.15. The number of hydrogen-bond acceptors (Lipinski definition) is 2. The van der Waals surface area contributed by atoms with Crippen LogP contribution in [0.1, 0.15) is 30.4 Å². The summed E-state index contributed by atoms with van der Waals surface area (Å²) in [6, 6.07) is 14.8. The highest BCUT2D eigenvalue weighted by molar-refractivity contribution is 6.31. The van der Waals surface area contributed by atoms with Crippen LogP contribution in [0, 0.1) is 5.82 Å². The highest BCUT2D eigenvalue weighted by atomic mass is 35.5. The minimum absolute atomic E-state index is 0.183. The predicted molar refractivity (Wildman–Crippen MR) is 103 cm³/mol. The van der Waals surface area contributed by atoms with Crippen LogP contribution >= 0.6 is 11.6 Å². The molecule has 1 aliphatic heterocycles. The van der Waals surface area contributed by atoms with E-state index in [-0.39, 0.29) is 17.8 Å². The molecule has 0 saturated carbocycles. The summed E-state index contributed by atoms with van der Waals surface area (Å²) >= 11 is 6.21. The molecule has 1 N–H and O–H groups in total.